The number of piperazine rings is 1. The molecular weight excluding hydrogens is 242 g/mol. The number of fused-ring (bicyclic) bond motifs is 1. The maximum Gasteiger partial charge on any atom is 0.254 e. The van der Waals surface area contributed by atoms with Gasteiger partial charge in [0.2, 0.25) is 5.91 Å². The summed E-state index contributed by atoms with van der Waals surface area (Å²) in [5.74, 6) is -0.0430. The van der Waals surface area contributed by atoms with Crippen LogP contribution in [-0.4, -0.2) is 48.3 Å². The van der Waals surface area contributed by atoms with Crippen LogP contribution in [-0.2, 0) is 17.9 Å². The molecule has 2 heterocycles. The minimum atomic E-state index is -0.0452. The molecule has 0 atom stereocenters. The molecule has 0 unspecified atom stereocenters. The van der Waals surface area contributed by atoms with E-state index in [2.05, 4.69) is 5.32 Å². The van der Waals surface area contributed by atoms with E-state index in [0.717, 1.165) is 13.1 Å². The van der Waals surface area contributed by atoms with Gasteiger partial charge in [-0.05, 0) is 23.3 Å². The van der Waals surface area contributed by atoms with Crippen molar-refractivity contribution in [3.8, 4) is 0 Å². The van der Waals surface area contributed by atoms with Gasteiger partial charge >= 0.3 is 0 Å². The van der Waals surface area contributed by atoms with Gasteiger partial charge < -0.3 is 15.1 Å². The molecule has 100 valence electrons. The van der Waals surface area contributed by atoms with Gasteiger partial charge in [-0.25, -0.2) is 0 Å². The van der Waals surface area contributed by atoms with Gasteiger partial charge in [0.25, 0.3) is 5.91 Å². The zero-order valence-corrected chi connectivity index (χ0v) is 11.0. The van der Waals surface area contributed by atoms with E-state index in [-0.39, 0.29) is 18.4 Å². The Kier molecular flexibility index (Phi) is 2.98. The highest BCUT2D eigenvalue weighted by atomic mass is 16.2. The quantitative estimate of drug-likeness (QED) is 0.784. The van der Waals surface area contributed by atoms with Crippen LogP contribution in [0.1, 0.15) is 21.5 Å². The molecule has 2 aliphatic rings. The van der Waals surface area contributed by atoms with Gasteiger partial charge in [0.1, 0.15) is 6.54 Å². The van der Waals surface area contributed by atoms with Crippen LogP contribution in [0.15, 0.2) is 18.2 Å². The second-order valence-corrected chi connectivity index (χ2v) is 5.13. The highest BCUT2D eigenvalue weighted by molar-refractivity contribution is 5.97. The van der Waals surface area contributed by atoms with Crippen LogP contribution < -0.4 is 5.32 Å². The van der Waals surface area contributed by atoms with Crippen molar-refractivity contribution in [3.63, 3.8) is 0 Å². The van der Waals surface area contributed by atoms with Crippen molar-refractivity contribution in [2.75, 3.05) is 26.7 Å². The standard InChI is InChI=1S/C14H17N3O2/c1-16-4-5-17(9-13(16)18)14(19)10-2-3-11-7-15-8-12(11)6-10/h2-3,6,15H,4-5,7-9H2,1H3. The molecule has 0 aliphatic carbocycles. The predicted octanol–water partition coefficient (Wildman–Crippen LogP) is 0.204. The third-order valence-electron chi connectivity index (χ3n) is 3.83. The molecule has 0 aromatic heterocycles. The van der Waals surface area contributed by atoms with Crippen molar-refractivity contribution in [2.24, 2.45) is 0 Å². The van der Waals surface area contributed by atoms with E-state index < -0.39 is 0 Å². The molecule has 2 aliphatic heterocycles. The average Bonchev–Trinajstić information content (AvgIpc) is 2.88. The zero-order valence-electron chi connectivity index (χ0n) is 11.0. The van der Waals surface area contributed by atoms with Crippen LogP contribution >= 0.6 is 0 Å². The molecule has 5 heteroatoms. The SMILES string of the molecule is CN1CCN(C(=O)c2ccc3c(c2)CNC3)CC1=O. The van der Waals surface area contributed by atoms with Crippen molar-refractivity contribution >= 4 is 11.8 Å². The number of nitrogens with one attached hydrogen (secondary N) is 1. The minimum Gasteiger partial charge on any atom is -0.342 e. The lowest BCUT2D eigenvalue weighted by Gasteiger charge is -2.32. The number of likely N-dealkylation sites (N-methyl/N-ethyl adjacent to an activating group) is 1. The first kappa shape index (κ1) is 12.2. The second-order valence-electron chi connectivity index (χ2n) is 5.13. The Morgan fingerprint density at radius 3 is 2.79 bits per heavy atom. The highest BCUT2D eigenvalue weighted by Crippen LogP contribution is 2.18. The van der Waals surface area contributed by atoms with E-state index in [1.54, 1.807) is 16.8 Å². The monoisotopic (exact) mass is 259 g/mol. The van der Waals surface area contributed by atoms with Crippen LogP contribution in [0.3, 0.4) is 0 Å². The van der Waals surface area contributed by atoms with E-state index in [9.17, 15) is 9.59 Å². The number of benzene rings is 1. The molecule has 1 N–H and O–H groups in total. The summed E-state index contributed by atoms with van der Waals surface area (Å²) in [6.07, 6.45) is 0. The van der Waals surface area contributed by atoms with Gasteiger partial charge in [-0.3, -0.25) is 9.59 Å². The van der Waals surface area contributed by atoms with Crippen molar-refractivity contribution in [1.82, 2.24) is 15.1 Å². The van der Waals surface area contributed by atoms with E-state index >= 15 is 0 Å². The lowest BCUT2D eigenvalue weighted by atomic mass is 10.1. The Hall–Kier alpha value is -1.88. The summed E-state index contributed by atoms with van der Waals surface area (Å²) < 4.78 is 0. The lowest BCUT2D eigenvalue weighted by molar-refractivity contribution is -0.133. The molecule has 1 aromatic rings. The molecule has 0 saturated carbocycles. The van der Waals surface area contributed by atoms with Gasteiger partial charge in [-0.15, -0.1) is 0 Å². The molecule has 1 aromatic carbocycles. The number of carbonyl (C=O) groups excluding carboxylic acids is 2. The number of amides is 2. The second kappa shape index (κ2) is 4.66. The Morgan fingerprint density at radius 2 is 2.00 bits per heavy atom. The fourth-order valence-corrected chi connectivity index (χ4v) is 2.54. The maximum atomic E-state index is 12.4. The Morgan fingerprint density at radius 1 is 1.21 bits per heavy atom. The smallest absolute Gasteiger partial charge is 0.254 e. The number of hydrogen-bond acceptors (Lipinski definition) is 3. The summed E-state index contributed by atoms with van der Waals surface area (Å²) >= 11 is 0. The van der Waals surface area contributed by atoms with Crippen LogP contribution in [0.2, 0.25) is 0 Å². The lowest BCUT2D eigenvalue weighted by Crippen LogP contribution is -2.50. The molecule has 0 radical (unpaired) electrons. The number of rotatable bonds is 1. The molecule has 1 saturated heterocycles. The van der Waals surface area contributed by atoms with E-state index in [0.29, 0.717) is 18.7 Å². The van der Waals surface area contributed by atoms with Gasteiger partial charge in [-0.1, -0.05) is 6.07 Å². The molecule has 19 heavy (non-hydrogen) atoms. The molecular formula is C14H17N3O2. The first-order valence-electron chi connectivity index (χ1n) is 6.51. The van der Waals surface area contributed by atoms with Crippen LogP contribution in [0.5, 0.6) is 0 Å². The van der Waals surface area contributed by atoms with Crippen molar-refractivity contribution < 1.29 is 9.59 Å². The summed E-state index contributed by atoms with van der Waals surface area (Å²) in [6, 6.07) is 5.80. The molecule has 2 amide bonds. The fourth-order valence-electron chi connectivity index (χ4n) is 2.54. The molecule has 0 spiro atoms. The molecule has 0 bridgehead atoms. The van der Waals surface area contributed by atoms with Crippen molar-refractivity contribution in [2.45, 2.75) is 13.1 Å². The molecule has 3 rings (SSSR count). The van der Waals surface area contributed by atoms with Crippen molar-refractivity contribution in [3.05, 3.63) is 34.9 Å². The van der Waals surface area contributed by atoms with Gasteiger partial charge in [0.15, 0.2) is 0 Å². The first-order chi connectivity index (χ1) is 9.15. The summed E-state index contributed by atoms with van der Waals surface area (Å²) in [6.45, 7) is 3.09. The predicted molar refractivity (Wildman–Crippen MR) is 70.5 cm³/mol. The van der Waals surface area contributed by atoms with Gasteiger partial charge in [-0.2, -0.15) is 0 Å². The number of hydrogen-bond donors (Lipinski definition) is 1. The maximum absolute atomic E-state index is 12.4. The largest absolute Gasteiger partial charge is 0.342 e. The summed E-state index contributed by atoms with van der Waals surface area (Å²) in [5.41, 5.74) is 3.12. The summed E-state index contributed by atoms with van der Waals surface area (Å²) in [5, 5.41) is 3.26. The van der Waals surface area contributed by atoms with Gasteiger partial charge in [0.05, 0.1) is 0 Å². The average molecular weight is 259 g/mol. The third kappa shape index (κ3) is 2.21. The van der Waals surface area contributed by atoms with E-state index in [1.807, 2.05) is 18.2 Å². The Labute approximate surface area is 112 Å². The van der Waals surface area contributed by atoms with E-state index in [1.165, 1.54) is 11.1 Å². The third-order valence-corrected chi connectivity index (χ3v) is 3.83. The highest BCUT2D eigenvalue weighted by Gasteiger charge is 2.26. The van der Waals surface area contributed by atoms with E-state index in [4.69, 9.17) is 0 Å². The van der Waals surface area contributed by atoms with Crippen LogP contribution in [0.4, 0.5) is 0 Å². The first-order valence-corrected chi connectivity index (χ1v) is 6.51. The normalized spacial score (nSPS) is 18.7. The van der Waals surface area contributed by atoms with Crippen molar-refractivity contribution in [1.29, 1.82) is 0 Å². The molecule has 1 fully saturated rings. The topological polar surface area (TPSA) is 52.6 Å². The number of carbonyl (C=O) groups is 2. The summed E-state index contributed by atoms with van der Waals surface area (Å²) in [4.78, 5) is 27.3. The van der Waals surface area contributed by atoms with Crippen LogP contribution in [0, 0.1) is 0 Å². The zero-order chi connectivity index (χ0) is 13.4. The minimum absolute atomic E-state index is 0.00225. The Bertz CT molecular complexity index is 541. The summed E-state index contributed by atoms with van der Waals surface area (Å²) in [7, 11) is 1.77. The van der Waals surface area contributed by atoms with Gasteiger partial charge in [0, 0.05) is 38.8 Å². The number of nitrogens with zero attached hydrogens (tertiary/aromatic N) is 2. The fraction of sp³-hybridized carbons (Fsp3) is 0.429. The molecule has 5 nitrogen and oxygen atoms in total. The van der Waals surface area contributed by atoms with Crippen LogP contribution in [0.25, 0.3) is 0 Å². The Balaban J connectivity index is 1.79.